The monoisotopic (exact) mass is 444 g/mol. The minimum Gasteiger partial charge on any atom is -0.457 e. The lowest BCUT2D eigenvalue weighted by molar-refractivity contribution is -0.137. The van der Waals surface area contributed by atoms with Crippen LogP contribution in [-0.2, 0) is 19.6 Å². The third-order valence-electron chi connectivity index (χ3n) is 4.78. The molecule has 3 aromatic rings. The van der Waals surface area contributed by atoms with Crippen LogP contribution in [0.5, 0.6) is 11.5 Å². The van der Waals surface area contributed by atoms with Crippen LogP contribution in [0.1, 0.15) is 0 Å². The second-order valence-electron chi connectivity index (χ2n) is 6.72. The number of hydrogen-bond acceptors (Lipinski definition) is 7. The average Bonchev–Trinajstić information content (AvgIpc) is 3.34. The first-order valence-electron chi connectivity index (χ1n) is 9.40. The van der Waals surface area contributed by atoms with Gasteiger partial charge in [-0.15, -0.1) is 0 Å². The van der Waals surface area contributed by atoms with E-state index in [1.54, 1.807) is 24.5 Å². The highest BCUT2D eigenvalue weighted by molar-refractivity contribution is 7.89. The van der Waals surface area contributed by atoms with E-state index in [4.69, 9.17) is 14.7 Å². The van der Waals surface area contributed by atoms with Gasteiger partial charge in [0.2, 0.25) is 10.0 Å². The lowest BCUT2D eigenvalue weighted by Gasteiger charge is -2.32. The smallest absolute Gasteiger partial charge is 0.264 e. The predicted molar refractivity (Wildman–Crippen MR) is 109 cm³/mol. The topological polar surface area (TPSA) is 134 Å². The number of morpholine rings is 1. The van der Waals surface area contributed by atoms with Crippen molar-refractivity contribution in [1.82, 2.24) is 19.8 Å². The fraction of sp³-hybridized carbons (Fsp3) is 0.200. The summed E-state index contributed by atoms with van der Waals surface area (Å²) in [7, 11) is -3.97. The SMILES string of the molecule is O=C(NO)C1COCCN1S(=O)(=O)c1ccc(Oc2ccc(-c3ncc[nH]3)cc2)cc1. The number of imidazole rings is 1. The quantitative estimate of drug-likeness (QED) is 0.390. The molecule has 1 fully saturated rings. The number of nitrogens with one attached hydrogen (secondary N) is 2. The fourth-order valence-corrected chi connectivity index (χ4v) is 4.77. The van der Waals surface area contributed by atoms with Gasteiger partial charge in [-0.25, -0.2) is 18.9 Å². The number of amides is 1. The molecule has 0 aliphatic carbocycles. The van der Waals surface area contributed by atoms with Gasteiger partial charge < -0.3 is 14.5 Å². The van der Waals surface area contributed by atoms with Crippen molar-refractivity contribution < 1.29 is 27.9 Å². The molecule has 0 spiro atoms. The Morgan fingerprint density at radius 1 is 1.16 bits per heavy atom. The number of hydrogen-bond donors (Lipinski definition) is 3. The summed E-state index contributed by atoms with van der Waals surface area (Å²) in [5, 5.41) is 8.89. The van der Waals surface area contributed by atoms with E-state index >= 15 is 0 Å². The maximum atomic E-state index is 13.0. The molecule has 1 aromatic heterocycles. The van der Waals surface area contributed by atoms with Gasteiger partial charge in [0.15, 0.2) is 0 Å². The van der Waals surface area contributed by atoms with Gasteiger partial charge in [-0.2, -0.15) is 4.31 Å². The van der Waals surface area contributed by atoms with Crippen LogP contribution in [0, 0.1) is 0 Å². The molecule has 1 saturated heterocycles. The van der Waals surface area contributed by atoms with E-state index in [0.717, 1.165) is 15.7 Å². The highest BCUT2D eigenvalue weighted by atomic mass is 32.2. The van der Waals surface area contributed by atoms with Crippen molar-refractivity contribution in [2.75, 3.05) is 19.8 Å². The Labute approximate surface area is 178 Å². The van der Waals surface area contributed by atoms with E-state index in [9.17, 15) is 13.2 Å². The Morgan fingerprint density at radius 2 is 1.84 bits per heavy atom. The Balaban J connectivity index is 1.49. The molecule has 0 saturated carbocycles. The molecule has 1 unspecified atom stereocenters. The highest BCUT2D eigenvalue weighted by Gasteiger charge is 2.38. The summed E-state index contributed by atoms with van der Waals surface area (Å²) in [4.78, 5) is 19.1. The first kappa shape index (κ1) is 21.0. The molecular formula is C20H20N4O6S. The van der Waals surface area contributed by atoms with Crippen molar-refractivity contribution in [3.05, 3.63) is 60.9 Å². The van der Waals surface area contributed by atoms with Gasteiger partial charge in [0.05, 0.1) is 18.1 Å². The summed E-state index contributed by atoms with van der Waals surface area (Å²) >= 11 is 0. The van der Waals surface area contributed by atoms with Gasteiger partial charge in [0.1, 0.15) is 23.4 Å². The summed E-state index contributed by atoms with van der Waals surface area (Å²) in [5.74, 6) is 0.939. The third kappa shape index (κ3) is 4.44. The Morgan fingerprint density at radius 3 is 2.45 bits per heavy atom. The molecule has 1 aliphatic heterocycles. The van der Waals surface area contributed by atoms with E-state index in [0.29, 0.717) is 11.5 Å². The molecule has 1 atom stereocenters. The zero-order chi connectivity index (χ0) is 21.8. The Kier molecular flexibility index (Phi) is 6.00. The Bertz CT molecular complexity index is 1130. The standard InChI is InChI=1S/C20H20N4O6S/c25-20(23-26)18-13-29-12-11-24(18)31(27,28)17-7-5-16(6-8-17)30-15-3-1-14(2-4-15)19-21-9-10-22-19/h1-10,18,26H,11-13H2,(H,21,22)(H,23,25). The van der Waals surface area contributed by atoms with Gasteiger partial charge in [-0.05, 0) is 48.5 Å². The molecule has 0 radical (unpaired) electrons. The lowest BCUT2D eigenvalue weighted by Crippen LogP contribution is -2.55. The molecule has 3 N–H and O–H groups in total. The normalized spacial score (nSPS) is 17.3. The van der Waals surface area contributed by atoms with Crippen molar-refractivity contribution in [2.45, 2.75) is 10.9 Å². The molecule has 0 bridgehead atoms. The van der Waals surface area contributed by atoms with Crippen molar-refractivity contribution in [2.24, 2.45) is 0 Å². The molecule has 1 aliphatic rings. The number of rotatable bonds is 6. The number of aromatic nitrogens is 2. The largest absolute Gasteiger partial charge is 0.457 e. The van der Waals surface area contributed by atoms with Crippen molar-refractivity contribution >= 4 is 15.9 Å². The van der Waals surface area contributed by atoms with Gasteiger partial charge in [0, 0.05) is 24.5 Å². The first-order chi connectivity index (χ1) is 15.0. The summed E-state index contributed by atoms with van der Waals surface area (Å²) in [6.07, 6.45) is 3.41. The molecule has 11 heteroatoms. The number of carbonyl (C=O) groups excluding carboxylic acids is 1. The van der Waals surface area contributed by atoms with Gasteiger partial charge in [0.25, 0.3) is 5.91 Å². The predicted octanol–water partition coefficient (Wildman–Crippen LogP) is 1.76. The number of sulfonamides is 1. The molecule has 1 amide bonds. The maximum absolute atomic E-state index is 13.0. The maximum Gasteiger partial charge on any atom is 0.264 e. The second-order valence-corrected chi connectivity index (χ2v) is 8.61. The van der Waals surface area contributed by atoms with E-state index < -0.39 is 22.0 Å². The van der Waals surface area contributed by atoms with Crippen LogP contribution in [0.2, 0.25) is 0 Å². The zero-order valence-corrected chi connectivity index (χ0v) is 17.1. The zero-order valence-electron chi connectivity index (χ0n) is 16.3. The first-order valence-corrected chi connectivity index (χ1v) is 10.8. The Hall–Kier alpha value is -3.25. The third-order valence-corrected chi connectivity index (χ3v) is 6.71. The van der Waals surface area contributed by atoms with Crippen LogP contribution in [0.15, 0.2) is 65.8 Å². The lowest BCUT2D eigenvalue weighted by atomic mass is 10.2. The number of ether oxygens (including phenoxy) is 2. The van der Waals surface area contributed by atoms with Crippen LogP contribution in [0.3, 0.4) is 0 Å². The van der Waals surface area contributed by atoms with E-state index in [1.807, 2.05) is 12.1 Å². The van der Waals surface area contributed by atoms with Crippen molar-refractivity contribution in [1.29, 1.82) is 0 Å². The molecule has 162 valence electrons. The van der Waals surface area contributed by atoms with Gasteiger partial charge >= 0.3 is 0 Å². The highest BCUT2D eigenvalue weighted by Crippen LogP contribution is 2.27. The van der Waals surface area contributed by atoms with Gasteiger partial charge in [-0.1, -0.05) is 0 Å². The molecule has 10 nitrogen and oxygen atoms in total. The minimum absolute atomic E-state index is 0.000683. The summed E-state index contributed by atoms with van der Waals surface area (Å²) in [6, 6.07) is 12.0. The van der Waals surface area contributed by atoms with Crippen molar-refractivity contribution in [3.8, 4) is 22.9 Å². The van der Waals surface area contributed by atoms with E-state index in [2.05, 4.69) is 9.97 Å². The van der Waals surface area contributed by atoms with Crippen LogP contribution in [0.25, 0.3) is 11.4 Å². The molecule has 2 heterocycles. The van der Waals surface area contributed by atoms with Crippen LogP contribution < -0.4 is 10.2 Å². The number of H-pyrrole nitrogens is 1. The average molecular weight is 444 g/mol. The van der Waals surface area contributed by atoms with Gasteiger partial charge in [-0.3, -0.25) is 10.0 Å². The molecule has 2 aromatic carbocycles. The van der Waals surface area contributed by atoms with E-state index in [1.165, 1.54) is 29.7 Å². The number of hydroxylamine groups is 1. The molecule has 4 rings (SSSR count). The fourth-order valence-electron chi connectivity index (χ4n) is 3.21. The van der Waals surface area contributed by atoms with Crippen LogP contribution >= 0.6 is 0 Å². The van der Waals surface area contributed by atoms with E-state index in [-0.39, 0.29) is 24.7 Å². The second kappa shape index (κ2) is 8.86. The minimum atomic E-state index is -3.97. The number of carbonyl (C=O) groups is 1. The summed E-state index contributed by atoms with van der Waals surface area (Å²) in [6.45, 7) is 0.0190. The van der Waals surface area contributed by atoms with Crippen LogP contribution in [-0.4, -0.2) is 59.6 Å². The summed E-state index contributed by atoms with van der Waals surface area (Å²) < 4.78 is 38.0. The molecule has 31 heavy (non-hydrogen) atoms. The molecular weight excluding hydrogens is 424 g/mol. The summed E-state index contributed by atoms with van der Waals surface area (Å²) in [5.41, 5.74) is 2.39. The number of aromatic amines is 1. The van der Waals surface area contributed by atoms with Crippen molar-refractivity contribution in [3.63, 3.8) is 0 Å². The number of benzene rings is 2. The number of nitrogens with zero attached hydrogens (tertiary/aromatic N) is 2. The van der Waals surface area contributed by atoms with Crippen LogP contribution in [0.4, 0.5) is 0 Å².